The maximum Gasteiger partial charge on any atom is 0.312 e. The maximum absolute atomic E-state index is 12.5. The lowest BCUT2D eigenvalue weighted by molar-refractivity contribution is -0.157. The number of benzene rings is 2. The molecule has 2 aromatic carbocycles. The summed E-state index contributed by atoms with van der Waals surface area (Å²) in [6.07, 6.45) is -1.09. The SMILES string of the molecule is Cc1ccc(N2C[C@H](C(=O)O[C@@H](C)C(=O)Nc3ccc(S(N)(=O)=O)cc3)CC2=O)cc1. The third-order valence-corrected chi connectivity index (χ3v) is 5.85. The van der Waals surface area contributed by atoms with E-state index in [2.05, 4.69) is 5.32 Å². The fourth-order valence-corrected chi connectivity index (χ4v) is 3.65. The van der Waals surface area contributed by atoms with Gasteiger partial charge in [-0.1, -0.05) is 17.7 Å². The van der Waals surface area contributed by atoms with Gasteiger partial charge < -0.3 is 15.0 Å². The monoisotopic (exact) mass is 445 g/mol. The van der Waals surface area contributed by atoms with Gasteiger partial charge >= 0.3 is 5.97 Å². The van der Waals surface area contributed by atoms with Crippen molar-refractivity contribution >= 4 is 39.2 Å². The Morgan fingerprint density at radius 2 is 1.74 bits per heavy atom. The van der Waals surface area contributed by atoms with Crippen LogP contribution in [0.15, 0.2) is 53.4 Å². The van der Waals surface area contributed by atoms with Gasteiger partial charge in [0.1, 0.15) is 0 Å². The highest BCUT2D eigenvalue weighted by atomic mass is 32.2. The predicted molar refractivity (Wildman–Crippen MR) is 114 cm³/mol. The largest absolute Gasteiger partial charge is 0.452 e. The van der Waals surface area contributed by atoms with Crippen LogP contribution in [0.25, 0.3) is 0 Å². The van der Waals surface area contributed by atoms with Crippen LogP contribution in [0.4, 0.5) is 11.4 Å². The third-order valence-electron chi connectivity index (χ3n) is 4.92. The Morgan fingerprint density at radius 3 is 2.32 bits per heavy atom. The standard InChI is InChI=1S/C21H23N3O6S/c1-13-3-7-17(8-4-13)24-12-15(11-19(24)25)21(27)30-14(2)20(26)23-16-5-9-18(10-6-16)31(22,28)29/h3-10,14-15H,11-12H2,1-2H3,(H,23,26)(H2,22,28,29)/t14-,15+/m0/s1. The van der Waals surface area contributed by atoms with E-state index in [0.29, 0.717) is 11.4 Å². The average molecular weight is 445 g/mol. The van der Waals surface area contributed by atoms with Crippen LogP contribution in [0, 0.1) is 12.8 Å². The highest BCUT2D eigenvalue weighted by Gasteiger charge is 2.37. The topological polar surface area (TPSA) is 136 Å². The Hall–Kier alpha value is -3.24. The predicted octanol–water partition coefficient (Wildman–Crippen LogP) is 1.57. The Morgan fingerprint density at radius 1 is 1.13 bits per heavy atom. The van der Waals surface area contributed by atoms with Crippen LogP contribution >= 0.6 is 0 Å². The van der Waals surface area contributed by atoms with Gasteiger partial charge in [0.05, 0.1) is 10.8 Å². The quantitative estimate of drug-likeness (QED) is 0.648. The number of rotatable bonds is 6. The van der Waals surface area contributed by atoms with Crippen LogP contribution in [-0.2, 0) is 29.1 Å². The number of nitrogens with zero attached hydrogens (tertiary/aromatic N) is 1. The molecule has 9 nitrogen and oxygen atoms in total. The van der Waals surface area contributed by atoms with Crippen LogP contribution in [0.5, 0.6) is 0 Å². The second-order valence-corrected chi connectivity index (χ2v) is 8.94. The van der Waals surface area contributed by atoms with Crippen LogP contribution in [0.2, 0.25) is 0 Å². The summed E-state index contributed by atoms with van der Waals surface area (Å²) in [5.41, 5.74) is 2.09. The first-order valence-corrected chi connectivity index (χ1v) is 11.1. The molecule has 0 unspecified atom stereocenters. The number of amides is 2. The average Bonchev–Trinajstić information content (AvgIpc) is 3.10. The molecule has 1 aliphatic heterocycles. The molecule has 0 radical (unpaired) electrons. The molecule has 1 fully saturated rings. The minimum atomic E-state index is -3.83. The van der Waals surface area contributed by atoms with E-state index in [-0.39, 0.29) is 23.8 Å². The van der Waals surface area contributed by atoms with Crippen molar-refractivity contribution in [3.8, 4) is 0 Å². The number of esters is 1. The van der Waals surface area contributed by atoms with Crippen molar-refractivity contribution in [2.45, 2.75) is 31.3 Å². The molecule has 1 saturated heterocycles. The second kappa shape index (κ2) is 8.86. The first kappa shape index (κ1) is 22.4. The Bertz CT molecular complexity index is 1100. The summed E-state index contributed by atoms with van der Waals surface area (Å²) < 4.78 is 27.8. The van der Waals surface area contributed by atoms with Crippen molar-refractivity contribution in [3.05, 3.63) is 54.1 Å². The van der Waals surface area contributed by atoms with Gasteiger partial charge in [0.2, 0.25) is 15.9 Å². The molecule has 1 aliphatic rings. The number of anilines is 2. The fraction of sp³-hybridized carbons (Fsp3) is 0.286. The Kier molecular flexibility index (Phi) is 6.42. The maximum atomic E-state index is 12.5. The first-order valence-electron chi connectivity index (χ1n) is 9.56. The van der Waals surface area contributed by atoms with Gasteiger partial charge in [-0.3, -0.25) is 14.4 Å². The van der Waals surface area contributed by atoms with E-state index in [9.17, 15) is 22.8 Å². The number of sulfonamides is 1. The Balaban J connectivity index is 1.56. The molecule has 0 aromatic heterocycles. The molecule has 0 aliphatic carbocycles. The van der Waals surface area contributed by atoms with Crippen LogP contribution in [0.1, 0.15) is 18.9 Å². The number of carbonyl (C=O) groups is 3. The van der Waals surface area contributed by atoms with Gasteiger partial charge in [0.25, 0.3) is 5.91 Å². The molecule has 2 atom stereocenters. The summed E-state index contributed by atoms with van der Waals surface area (Å²) in [4.78, 5) is 38.6. The number of nitrogens with one attached hydrogen (secondary N) is 1. The zero-order valence-electron chi connectivity index (χ0n) is 17.1. The smallest absolute Gasteiger partial charge is 0.312 e. The number of hydrogen-bond acceptors (Lipinski definition) is 6. The molecule has 3 rings (SSSR count). The van der Waals surface area contributed by atoms with E-state index in [1.165, 1.54) is 36.1 Å². The van der Waals surface area contributed by atoms with Gasteiger partial charge in [0.15, 0.2) is 6.10 Å². The molecular weight excluding hydrogens is 422 g/mol. The van der Waals surface area contributed by atoms with E-state index in [1.54, 1.807) is 0 Å². The van der Waals surface area contributed by atoms with Crippen molar-refractivity contribution in [2.24, 2.45) is 11.1 Å². The number of hydrogen-bond donors (Lipinski definition) is 2. The molecule has 0 spiro atoms. The minimum absolute atomic E-state index is 0.00999. The number of aryl methyl sites for hydroxylation is 1. The van der Waals surface area contributed by atoms with E-state index in [4.69, 9.17) is 9.88 Å². The van der Waals surface area contributed by atoms with Gasteiger partial charge in [0, 0.05) is 24.3 Å². The first-order chi connectivity index (χ1) is 14.5. The summed E-state index contributed by atoms with van der Waals surface area (Å²) in [7, 11) is -3.83. The summed E-state index contributed by atoms with van der Waals surface area (Å²) in [5, 5.41) is 7.57. The lowest BCUT2D eigenvalue weighted by Crippen LogP contribution is -2.33. The number of ether oxygens (including phenoxy) is 1. The van der Waals surface area contributed by atoms with Gasteiger partial charge in [-0.2, -0.15) is 0 Å². The summed E-state index contributed by atoms with van der Waals surface area (Å²) in [5.74, 6) is -2.07. The van der Waals surface area contributed by atoms with E-state index in [1.807, 2.05) is 31.2 Å². The number of carbonyl (C=O) groups excluding carboxylic acids is 3. The molecule has 0 saturated carbocycles. The molecule has 2 amide bonds. The molecule has 0 bridgehead atoms. The van der Waals surface area contributed by atoms with Crippen molar-refractivity contribution in [1.29, 1.82) is 0 Å². The summed E-state index contributed by atoms with van der Waals surface area (Å²) in [6.45, 7) is 3.54. The lowest BCUT2D eigenvalue weighted by atomic mass is 10.1. The number of primary sulfonamides is 1. The van der Waals surface area contributed by atoms with Gasteiger partial charge in [-0.05, 0) is 50.2 Å². The number of nitrogens with two attached hydrogens (primary N) is 1. The zero-order valence-corrected chi connectivity index (χ0v) is 17.9. The van der Waals surface area contributed by atoms with E-state index < -0.39 is 33.9 Å². The summed E-state index contributed by atoms with van der Waals surface area (Å²) >= 11 is 0. The van der Waals surface area contributed by atoms with Crippen LogP contribution in [0.3, 0.4) is 0 Å². The molecule has 2 aromatic rings. The van der Waals surface area contributed by atoms with Crippen LogP contribution in [-0.4, -0.2) is 38.9 Å². The van der Waals surface area contributed by atoms with Gasteiger partial charge in [-0.15, -0.1) is 0 Å². The highest BCUT2D eigenvalue weighted by Crippen LogP contribution is 2.26. The zero-order chi connectivity index (χ0) is 22.8. The normalized spacial score (nSPS) is 17.3. The second-order valence-electron chi connectivity index (χ2n) is 7.38. The molecule has 1 heterocycles. The van der Waals surface area contributed by atoms with E-state index in [0.717, 1.165) is 5.56 Å². The third kappa shape index (κ3) is 5.47. The highest BCUT2D eigenvalue weighted by molar-refractivity contribution is 7.89. The molecule has 31 heavy (non-hydrogen) atoms. The van der Waals surface area contributed by atoms with Gasteiger partial charge in [-0.25, -0.2) is 13.6 Å². The minimum Gasteiger partial charge on any atom is -0.452 e. The summed E-state index contributed by atoms with van der Waals surface area (Å²) in [6, 6.07) is 12.7. The molecule has 10 heteroatoms. The lowest BCUT2D eigenvalue weighted by Gasteiger charge is -2.18. The Labute approximate surface area is 180 Å². The van der Waals surface area contributed by atoms with Crippen molar-refractivity contribution in [2.75, 3.05) is 16.8 Å². The van der Waals surface area contributed by atoms with Crippen molar-refractivity contribution in [3.63, 3.8) is 0 Å². The molecule has 164 valence electrons. The van der Waals surface area contributed by atoms with E-state index >= 15 is 0 Å². The molecule has 3 N–H and O–H groups in total. The van der Waals surface area contributed by atoms with Crippen LogP contribution < -0.4 is 15.4 Å². The molecular formula is C21H23N3O6S. The van der Waals surface area contributed by atoms with Crippen molar-refractivity contribution in [1.82, 2.24) is 0 Å². The fourth-order valence-electron chi connectivity index (χ4n) is 3.14. The van der Waals surface area contributed by atoms with Crippen molar-refractivity contribution < 1.29 is 27.5 Å².